The number of rotatable bonds is 3. The van der Waals surface area contributed by atoms with E-state index in [1.807, 2.05) is 26.8 Å². The van der Waals surface area contributed by atoms with Gasteiger partial charge in [-0.3, -0.25) is 9.78 Å². The highest BCUT2D eigenvalue weighted by atomic mass is 19.1. The molecule has 0 aliphatic rings. The van der Waals surface area contributed by atoms with Crippen LogP contribution in [0, 0.1) is 5.95 Å². The van der Waals surface area contributed by atoms with E-state index < -0.39 is 11.5 Å². The van der Waals surface area contributed by atoms with Crippen molar-refractivity contribution in [3.8, 4) is 11.4 Å². The minimum Gasteiger partial charge on any atom is -0.460 e. The van der Waals surface area contributed by atoms with Crippen molar-refractivity contribution in [2.45, 2.75) is 32.8 Å². The van der Waals surface area contributed by atoms with E-state index in [0.717, 1.165) is 5.39 Å². The number of fused-ring (bicyclic) bond motifs is 1. The Balaban J connectivity index is 1.90. The number of hydrogen-bond acceptors (Lipinski definition) is 5. The SMILES string of the molecule is CC(C)(C)OC(=O)Cc1cc2nc(-c3cccc(F)n3)ccc2cn1. The third-order valence-corrected chi connectivity index (χ3v) is 3.35. The Kier molecular flexibility index (Phi) is 4.44. The van der Waals surface area contributed by atoms with Crippen LogP contribution in [-0.4, -0.2) is 26.5 Å². The molecule has 3 aromatic rings. The number of ether oxygens (including phenoxy) is 1. The van der Waals surface area contributed by atoms with Gasteiger partial charge in [-0.05, 0) is 51.1 Å². The minimum atomic E-state index is -0.556. The number of pyridine rings is 3. The van der Waals surface area contributed by atoms with Crippen LogP contribution in [0.2, 0.25) is 0 Å². The maximum absolute atomic E-state index is 13.3. The second-order valence-electron chi connectivity index (χ2n) is 6.67. The van der Waals surface area contributed by atoms with Crippen molar-refractivity contribution in [3.05, 3.63) is 54.2 Å². The molecule has 6 heteroatoms. The zero-order valence-electron chi connectivity index (χ0n) is 14.3. The quantitative estimate of drug-likeness (QED) is 0.537. The first-order valence-electron chi connectivity index (χ1n) is 7.91. The van der Waals surface area contributed by atoms with Crippen LogP contribution in [0.25, 0.3) is 22.3 Å². The lowest BCUT2D eigenvalue weighted by Crippen LogP contribution is -2.25. The van der Waals surface area contributed by atoms with Gasteiger partial charge in [0.2, 0.25) is 5.95 Å². The van der Waals surface area contributed by atoms with Crippen molar-refractivity contribution in [1.82, 2.24) is 15.0 Å². The molecule has 0 spiro atoms. The first-order chi connectivity index (χ1) is 11.8. The van der Waals surface area contributed by atoms with Gasteiger partial charge in [-0.2, -0.15) is 4.39 Å². The molecular formula is C19H18FN3O2. The Hall–Kier alpha value is -2.89. The molecule has 5 nitrogen and oxygen atoms in total. The van der Waals surface area contributed by atoms with Gasteiger partial charge in [0.15, 0.2) is 0 Å². The van der Waals surface area contributed by atoms with Gasteiger partial charge in [0.05, 0.1) is 29.0 Å². The highest BCUT2D eigenvalue weighted by molar-refractivity contribution is 5.82. The minimum absolute atomic E-state index is 0.0668. The molecule has 0 aliphatic heterocycles. The smallest absolute Gasteiger partial charge is 0.312 e. The van der Waals surface area contributed by atoms with E-state index in [0.29, 0.717) is 22.6 Å². The van der Waals surface area contributed by atoms with Crippen molar-refractivity contribution in [1.29, 1.82) is 0 Å². The number of carbonyl (C=O) groups excluding carboxylic acids is 1. The first-order valence-corrected chi connectivity index (χ1v) is 7.91. The summed E-state index contributed by atoms with van der Waals surface area (Å²) in [4.78, 5) is 24.6. The molecule has 0 aliphatic carbocycles. The summed E-state index contributed by atoms with van der Waals surface area (Å²) in [5.41, 5.74) is 1.70. The third kappa shape index (κ3) is 4.35. The lowest BCUT2D eigenvalue weighted by atomic mass is 10.1. The Morgan fingerprint density at radius 3 is 2.60 bits per heavy atom. The molecule has 25 heavy (non-hydrogen) atoms. The molecule has 0 unspecified atom stereocenters. The Bertz CT molecular complexity index is 935. The predicted octanol–water partition coefficient (Wildman–Crippen LogP) is 3.72. The fourth-order valence-electron chi connectivity index (χ4n) is 2.37. The summed E-state index contributed by atoms with van der Waals surface area (Å²) in [7, 11) is 0. The molecule has 128 valence electrons. The normalized spacial score (nSPS) is 11.5. The largest absolute Gasteiger partial charge is 0.460 e. The Morgan fingerprint density at radius 1 is 1.12 bits per heavy atom. The van der Waals surface area contributed by atoms with Crippen LogP contribution in [0.3, 0.4) is 0 Å². The van der Waals surface area contributed by atoms with E-state index in [9.17, 15) is 9.18 Å². The molecule has 3 heterocycles. The van der Waals surface area contributed by atoms with Crippen LogP contribution < -0.4 is 0 Å². The van der Waals surface area contributed by atoms with E-state index in [1.165, 1.54) is 6.07 Å². The van der Waals surface area contributed by atoms with E-state index in [2.05, 4.69) is 15.0 Å². The fraction of sp³-hybridized carbons (Fsp3) is 0.263. The van der Waals surface area contributed by atoms with Crippen LogP contribution in [-0.2, 0) is 16.0 Å². The average molecular weight is 339 g/mol. The van der Waals surface area contributed by atoms with Gasteiger partial charge in [0.25, 0.3) is 0 Å². The molecule has 0 atom stereocenters. The van der Waals surface area contributed by atoms with Crippen molar-refractivity contribution in [3.63, 3.8) is 0 Å². The third-order valence-electron chi connectivity index (χ3n) is 3.35. The van der Waals surface area contributed by atoms with Crippen molar-refractivity contribution < 1.29 is 13.9 Å². The summed E-state index contributed by atoms with van der Waals surface area (Å²) in [6, 6.07) is 9.91. The molecule has 0 radical (unpaired) electrons. The van der Waals surface area contributed by atoms with Gasteiger partial charge in [0.1, 0.15) is 5.60 Å². The van der Waals surface area contributed by atoms with Crippen LogP contribution in [0.4, 0.5) is 4.39 Å². The molecule has 0 fully saturated rings. The molecule has 3 aromatic heterocycles. The second kappa shape index (κ2) is 6.55. The van der Waals surface area contributed by atoms with E-state index in [-0.39, 0.29) is 12.4 Å². The van der Waals surface area contributed by atoms with Crippen LogP contribution in [0.15, 0.2) is 42.6 Å². The highest BCUT2D eigenvalue weighted by Gasteiger charge is 2.17. The van der Waals surface area contributed by atoms with E-state index in [1.54, 1.807) is 30.5 Å². The molecule has 0 amide bonds. The lowest BCUT2D eigenvalue weighted by molar-refractivity contribution is -0.153. The summed E-state index contributed by atoms with van der Waals surface area (Å²) in [6.45, 7) is 5.45. The monoisotopic (exact) mass is 339 g/mol. The van der Waals surface area contributed by atoms with Gasteiger partial charge in [-0.1, -0.05) is 6.07 Å². The van der Waals surface area contributed by atoms with E-state index in [4.69, 9.17) is 4.74 Å². The number of esters is 1. The number of carbonyl (C=O) groups is 1. The van der Waals surface area contributed by atoms with Gasteiger partial charge in [0, 0.05) is 11.6 Å². The number of nitrogens with zero attached hydrogens (tertiary/aromatic N) is 3. The fourth-order valence-corrected chi connectivity index (χ4v) is 2.37. The number of aromatic nitrogens is 3. The Labute approximate surface area is 144 Å². The molecule has 0 saturated heterocycles. The standard InChI is InChI=1S/C19H18FN3O2/c1-19(2,3)25-18(24)10-13-9-16-12(11-21-13)7-8-15(22-16)14-5-4-6-17(20)23-14/h4-9,11H,10H2,1-3H3. The molecule has 3 rings (SSSR count). The first kappa shape index (κ1) is 17.0. The van der Waals surface area contributed by atoms with Crippen molar-refractivity contribution >= 4 is 16.9 Å². The van der Waals surface area contributed by atoms with Crippen molar-refractivity contribution in [2.75, 3.05) is 0 Å². The number of hydrogen-bond donors (Lipinski definition) is 0. The molecule has 0 bridgehead atoms. The lowest BCUT2D eigenvalue weighted by Gasteiger charge is -2.19. The molecule has 0 saturated carbocycles. The molecule has 0 aromatic carbocycles. The summed E-state index contributed by atoms with van der Waals surface area (Å²) >= 11 is 0. The molecule has 0 N–H and O–H groups in total. The predicted molar refractivity (Wildman–Crippen MR) is 92.3 cm³/mol. The summed E-state index contributed by atoms with van der Waals surface area (Å²) in [5, 5.41) is 0.827. The van der Waals surface area contributed by atoms with Crippen LogP contribution >= 0.6 is 0 Å². The zero-order valence-corrected chi connectivity index (χ0v) is 14.3. The van der Waals surface area contributed by atoms with Crippen LogP contribution in [0.1, 0.15) is 26.5 Å². The maximum atomic E-state index is 13.3. The van der Waals surface area contributed by atoms with E-state index >= 15 is 0 Å². The topological polar surface area (TPSA) is 65.0 Å². The van der Waals surface area contributed by atoms with Gasteiger partial charge in [-0.25, -0.2) is 9.97 Å². The zero-order chi connectivity index (χ0) is 18.0. The summed E-state index contributed by atoms with van der Waals surface area (Å²) in [5.74, 6) is -0.901. The van der Waals surface area contributed by atoms with Crippen LogP contribution in [0.5, 0.6) is 0 Å². The summed E-state index contributed by atoms with van der Waals surface area (Å²) in [6.07, 6.45) is 1.72. The summed E-state index contributed by atoms with van der Waals surface area (Å²) < 4.78 is 18.6. The molecular weight excluding hydrogens is 321 g/mol. The second-order valence-corrected chi connectivity index (χ2v) is 6.67. The van der Waals surface area contributed by atoms with Gasteiger partial charge < -0.3 is 4.74 Å². The van der Waals surface area contributed by atoms with Gasteiger partial charge in [-0.15, -0.1) is 0 Å². The number of halogens is 1. The maximum Gasteiger partial charge on any atom is 0.312 e. The Morgan fingerprint density at radius 2 is 1.88 bits per heavy atom. The highest BCUT2D eigenvalue weighted by Crippen LogP contribution is 2.20. The average Bonchev–Trinajstić information content (AvgIpc) is 2.52. The van der Waals surface area contributed by atoms with Crippen molar-refractivity contribution in [2.24, 2.45) is 0 Å². The van der Waals surface area contributed by atoms with Gasteiger partial charge >= 0.3 is 5.97 Å².